The Morgan fingerprint density at radius 3 is 2.45 bits per heavy atom. The lowest BCUT2D eigenvalue weighted by molar-refractivity contribution is -0.124. The van der Waals surface area contributed by atoms with Crippen LogP contribution in [0.3, 0.4) is 0 Å². The van der Waals surface area contributed by atoms with Crippen molar-refractivity contribution in [2.45, 2.75) is 46.2 Å². The summed E-state index contributed by atoms with van der Waals surface area (Å²) < 4.78 is 0. The van der Waals surface area contributed by atoms with Crippen LogP contribution in [-0.2, 0) is 4.79 Å². The van der Waals surface area contributed by atoms with Crippen LogP contribution in [-0.4, -0.2) is 47.7 Å². The Labute approximate surface area is 176 Å². The molecule has 5 N–H and O–H groups in total. The van der Waals surface area contributed by atoms with Crippen LogP contribution in [0.25, 0.3) is 0 Å². The number of carbonyl (C=O) groups excluding carboxylic acids is 1. The highest BCUT2D eigenvalue weighted by atomic mass is 32.1. The number of aliphatic hydroxyl groups excluding tert-OH is 1. The quantitative estimate of drug-likeness (QED) is 0.515. The van der Waals surface area contributed by atoms with Crippen molar-refractivity contribution in [1.82, 2.24) is 4.90 Å². The molecule has 7 nitrogen and oxygen atoms in total. The van der Waals surface area contributed by atoms with Crippen molar-refractivity contribution < 1.29 is 9.90 Å². The van der Waals surface area contributed by atoms with Gasteiger partial charge in [-0.25, -0.2) is 0 Å². The van der Waals surface area contributed by atoms with Crippen molar-refractivity contribution in [3.63, 3.8) is 0 Å². The average Bonchev–Trinajstić information content (AvgIpc) is 3.05. The van der Waals surface area contributed by atoms with Crippen molar-refractivity contribution in [1.29, 1.82) is 0 Å². The molecule has 8 heteroatoms. The van der Waals surface area contributed by atoms with Gasteiger partial charge in [-0.05, 0) is 37.0 Å². The number of thiophene rings is 1. The molecule has 29 heavy (non-hydrogen) atoms. The van der Waals surface area contributed by atoms with Gasteiger partial charge in [-0.3, -0.25) is 14.8 Å². The number of nitrogens with zero attached hydrogens (tertiary/aromatic N) is 3. The lowest BCUT2D eigenvalue weighted by atomic mass is 9.86. The fraction of sp³-hybridized carbons (Fsp3) is 0.476. The highest BCUT2D eigenvalue weighted by Crippen LogP contribution is 2.39. The first kappa shape index (κ1) is 22.7. The molecule has 158 valence electrons. The smallest absolute Gasteiger partial charge is 0.256 e. The molecule has 2 atom stereocenters. The van der Waals surface area contributed by atoms with E-state index >= 15 is 0 Å². The van der Waals surface area contributed by atoms with E-state index in [-0.39, 0.29) is 40.4 Å². The number of carbonyl (C=O) groups is 1. The van der Waals surface area contributed by atoms with Crippen LogP contribution in [0, 0.1) is 12.3 Å². The Morgan fingerprint density at radius 1 is 1.28 bits per heavy atom. The number of amides is 1. The van der Waals surface area contributed by atoms with Gasteiger partial charge in [0.05, 0.1) is 11.6 Å². The average molecular weight is 418 g/mol. The number of aliphatic hydroxyl groups is 1. The molecule has 1 amide bonds. The minimum Gasteiger partial charge on any atom is -0.509 e. The van der Waals surface area contributed by atoms with Crippen molar-refractivity contribution in [3.8, 4) is 0 Å². The zero-order chi connectivity index (χ0) is 21.9. The lowest BCUT2D eigenvalue weighted by Crippen LogP contribution is -2.35. The van der Waals surface area contributed by atoms with Gasteiger partial charge in [0.1, 0.15) is 11.8 Å². The molecule has 1 aliphatic carbocycles. The van der Waals surface area contributed by atoms with Crippen LogP contribution in [0.15, 0.2) is 45.6 Å². The monoisotopic (exact) mass is 417 g/mol. The molecule has 1 heterocycles. The molecule has 0 aliphatic heterocycles. The van der Waals surface area contributed by atoms with Gasteiger partial charge in [-0.2, -0.15) is 0 Å². The second kappa shape index (κ2) is 8.82. The normalized spacial score (nSPS) is 19.4. The SMILES string of the molecule is Cc1ccc([C@H](N=C(N)C(N)=NC2CC=CC(C(=O)N(C)C)=C2O)C(C)(C)C)s1. The molecule has 1 aromatic rings. The van der Waals surface area contributed by atoms with Gasteiger partial charge in [-0.1, -0.05) is 26.8 Å². The Bertz CT molecular complexity index is 887. The second-order valence-electron chi connectivity index (χ2n) is 8.40. The summed E-state index contributed by atoms with van der Waals surface area (Å²) in [6, 6.07) is 3.28. The fourth-order valence-electron chi connectivity index (χ4n) is 2.95. The van der Waals surface area contributed by atoms with E-state index in [1.807, 2.05) is 0 Å². The standard InChI is InChI=1S/C21H31N5O2S/c1-12-10-11-15(29-12)17(21(2,3)4)25-19(23)18(22)24-14-9-7-8-13(16(14)27)20(28)26(5)6/h7-8,10-11,14,17,27H,9H2,1-6H3,(H2,22,24)(H2,23,25)/t14?,17-/m0/s1. The molecule has 1 aromatic heterocycles. The van der Waals surface area contributed by atoms with E-state index in [0.717, 1.165) is 4.88 Å². The largest absolute Gasteiger partial charge is 0.509 e. The lowest BCUT2D eigenvalue weighted by Gasteiger charge is -2.27. The Morgan fingerprint density at radius 2 is 1.93 bits per heavy atom. The number of amidine groups is 2. The van der Waals surface area contributed by atoms with Gasteiger partial charge in [0.15, 0.2) is 11.7 Å². The van der Waals surface area contributed by atoms with Gasteiger partial charge in [-0.15, -0.1) is 11.3 Å². The summed E-state index contributed by atoms with van der Waals surface area (Å²) >= 11 is 1.68. The molecule has 2 rings (SSSR count). The molecule has 0 saturated heterocycles. The predicted molar refractivity (Wildman–Crippen MR) is 120 cm³/mol. The van der Waals surface area contributed by atoms with Crippen molar-refractivity contribution in [3.05, 3.63) is 45.4 Å². The van der Waals surface area contributed by atoms with Crippen LogP contribution in [0.1, 0.15) is 43.0 Å². The van der Waals surface area contributed by atoms with E-state index in [4.69, 9.17) is 11.5 Å². The van der Waals surface area contributed by atoms with Crippen molar-refractivity contribution in [2.75, 3.05) is 14.1 Å². The number of aliphatic imine (C=N–C) groups is 2. The Kier molecular flexibility index (Phi) is 6.89. The van der Waals surface area contributed by atoms with Gasteiger partial charge >= 0.3 is 0 Å². The zero-order valence-electron chi connectivity index (χ0n) is 17.9. The van der Waals surface area contributed by atoms with E-state index in [9.17, 15) is 9.90 Å². The molecule has 0 saturated carbocycles. The number of rotatable bonds is 4. The van der Waals surface area contributed by atoms with Crippen molar-refractivity contribution >= 4 is 28.9 Å². The minimum absolute atomic E-state index is 0.0519. The summed E-state index contributed by atoms with van der Waals surface area (Å²) in [5.74, 6) is -0.224. The van der Waals surface area contributed by atoms with Crippen LogP contribution in [0.5, 0.6) is 0 Å². The third kappa shape index (κ3) is 5.47. The number of hydrogen-bond donors (Lipinski definition) is 3. The fourth-order valence-corrected chi connectivity index (χ4v) is 4.11. The molecule has 1 unspecified atom stereocenters. The van der Waals surface area contributed by atoms with E-state index in [0.29, 0.717) is 6.42 Å². The molecule has 0 fully saturated rings. The summed E-state index contributed by atoms with van der Waals surface area (Å²) in [6.07, 6.45) is 3.82. The minimum atomic E-state index is -0.662. The third-order valence-corrected chi connectivity index (χ3v) is 5.60. The molecule has 0 spiro atoms. The zero-order valence-corrected chi connectivity index (χ0v) is 18.7. The maximum Gasteiger partial charge on any atom is 0.256 e. The van der Waals surface area contributed by atoms with E-state index in [2.05, 4.69) is 49.8 Å². The van der Waals surface area contributed by atoms with Gasteiger partial charge < -0.3 is 21.5 Å². The predicted octanol–water partition coefficient (Wildman–Crippen LogP) is 3.09. The number of nitrogens with two attached hydrogens (primary N) is 2. The van der Waals surface area contributed by atoms with Crippen LogP contribution >= 0.6 is 11.3 Å². The molecular weight excluding hydrogens is 386 g/mol. The van der Waals surface area contributed by atoms with Gasteiger partial charge in [0.2, 0.25) is 0 Å². The van der Waals surface area contributed by atoms with E-state index < -0.39 is 6.04 Å². The maximum absolute atomic E-state index is 12.2. The molecule has 0 radical (unpaired) electrons. The van der Waals surface area contributed by atoms with Crippen LogP contribution in [0.4, 0.5) is 0 Å². The maximum atomic E-state index is 12.2. The summed E-state index contributed by atoms with van der Waals surface area (Å²) in [7, 11) is 3.25. The summed E-state index contributed by atoms with van der Waals surface area (Å²) in [4.78, 5) is 24.9. The van der Waals surface area contributed by atoms with Crippen molar-refractivity contribution in [2.24, 2.45) is 26.9 Å². The summed E-state index contributed by atoms with van der Waals surface area (Å²) in [5, 5.41) is 10.5. The highest BCUT2D eigenvalue weighted by molar-refractivity contribution is 7.12. The first-order chi connectivity index (χ1) is 13.4. The van der Waals surface area contributed by atoms with E-state index in [1.54, 1.807) is 37.6 Å². The molecular formula is C21H31N5O2S. The van der Waals surface area contributed by atoms with E-state index in [1.165, 1.54) is 9.78 Å². The highest BCUT2D eigenvalue weighted by Gasteiger charge is 2.28. The topological polar surface area (TPSA) is 117 Å². The number of hydrogen-bond acceptors (Lipinski definition) is 5. The molecule has 1 aliphatic rings. The van der Waals surface area contributed by atoms with Gasteiger partial charge in [0, 0.05) is 23.8 Å². The first-order valence-electron chi connectivity index (χ1n) is 9.46. The number of aryl methyl sites for hydroxylation is 1. The second-order valence-corrected chi connectivity index (χ2v) is 9.72. The Balaban J connectivity index is 2.34. The molecule has 0 aromatic carbocycles. The summed E-state index contributed by atoms with van der Waals surface area (Å²) in [5.41, 5.74) is 12.3. The Hall–Kier alpha value is -2.61. The van der Waals surface area contributed by atoms with Crippen LogP contribution in [0.2, 0.25) is 0 Å². The first-order valence-corrected chi connectivity index (χ1v) is 10.3. The van der Waals surface area contributed by atoms with Crippen LogP contribution < -0.4 is 11.5 Å². The number of likely N-dealkylation sites (N-methyl/N-ethyl adjacent to an activating group) is 1. The molecule has 0 bridgehead atoms. The summed E-state index contributed by atoms with van der Waals surface area (Å²) in [6.45, 7) is 8.33. The third-order valence-electron chi connectivity index (χ3n) is 4.55. The van der Waals surface area contributed by atoms with Gasteiger partial charge in [0.25, 0.3) is 5.91 Å².